The summed E-state index contributed by atoms with van der Waals surface area (Å²) in [5.41, 5.74) is 7.66. The largest absolute Gasteiger partial charge is 0.397 e. The van der Waals surface area contributed by atoms with Gasteiger partial charge in [0.2, 0.25) is 0 Å². The number of anilines is 2. The molecule has 2 aliphatic rings. The van der Waals surface area contributed by atoms with Crippen molar-refractivity contribution in [2.24, 2.45) is 5.92 Å². The molecule has 0 saturated carbocycles. The Labute approximate surface area is 133 Å². The fourth-order valence-electron chi connectivity index (χ4n) is 3.70. The molecular weight excluding hydrogens is 368 g/mol. The molecule has 0 amide bonds. The number of hydrogen-bond donors (Lipinski definition) is 1. The minimum atomic E-state index is -0.169. The van der Waals surface area contributed by atoms with Crippen LogP contribution >= 0.6 is 22.6 Å². The van der Waals surface area contributed by atoms with Gasteiger partial charge in [0.05, 0.1) is 14.9 Å². The minimum absolute atomic E-state index is 0.169. The van der Waals surface area contributed by atoms with E-state index in [1.165, 1.54) is 19.4 Å². The molecule has 3 nitrogen and oxygen atoms in total. The van der Waals surface area contributed by atoms with Gasteiger partial charge in [-0.15, -0.1) is 0 Å². The first-order valence-electron chi connectivity index (χ1n) is 7.26. The molecule has 5 heteroatoms. The van der Waals surface area contributed by atoms with E-state index in [-0.39, 0.29) is 5.82 Å². The van der Waals surface area contributed by atoms with E-state index in [4.69, 9.17) is 5.73 Å². The van der Waals surface area contributed by atoms with Gasteiger partial charge < -0.3 is 15.5 Å². The van der Waals surface area contributed by atoms with Crippen molar-refractivity contribution in [3.8, 4) is 0 Å². The van der Waals surface area contributed by atoms with E-state index in [0.717, 1.165) is 25.2 Å². The third-order valence-corrected chi connectivity index (χ3v) is 5.58. The summed E-state index contributed by atoms with van der Waals surface area (Å²) in [5, 5.41) is 0. The SMILES string of the molecule is CN1CCCC2CN(c3cc(F)c(I)cc3N)CCC21. The van der Waals surface area contributed by atoms with E-state index in [2.05, 4.69) is 16.8 Å². The molecule has 0 aliphatic carbocycles. The molecule has 0 spiro atoms. The van der Waals surface area contributed by atoms with Gasteiger partial charge >= 0.3 is 0 Å². The first-order valence-corrected chi connectivity index (χ1v) is 8.34. The van der Waals surface area contributed by atoms with Crippen molar-refractivity contribution in [3.05, 3.63) is 21.5 Å². The van der Waals surface area contributed by atoms with Crippen molar-refractivity contribution in [1.82, 2.24) is 4.90 Å². The average molecular weight is 389 g/mol. The summed E-state index contributed by atoms with van der Waals surface area (Å²) < 4.78 is 14.4. The number of halogens is 2. The lowest BCUT2D eigenvalue weighted by molar-refractivity contribution is 0.102. The van der Waals surface area contributed by atoms with Crippen molar-refractivity contribution in [2.75, 3.05) is 37.3 Å². The van der Waals surface area contributed by atoms with Gasteiger partial charge in [0.1, 0.15) is 5.82 Å². The zero-order valence-corrected chi connectivity index (χ0v) is 13.9. The Morgan fingerprint density at radius 2 is 2.10 bits per heavy atom. The summed E-state index contributed by atoms with van der Waals surface area (Å²) in [6, 6.07) is 4.03. The van der Waals surface area contributed by atoms with Crippen LogP contribution in [0, 0.1) is 15.3 Å². The van der Waals surface area contributed by atoms with Crippen molar-refractivity contribution < 1.29 is 4.39 Å². The molecule has 2 N–H and O–H groups in total. The Morgan fingerprint density at radius 1 is 1.30 bits per heavy atom. The van der Waals surface area contributed by atoms with Crippen LogP contribution in [0.3, 0.4) is 0 Å². The molecular formula is C15H21FIN3. The molecule has 0 aromatic heterocycles. The number of nitrogens with zero attached hydrogens (tertiary/aromatic N) is 2. The summed E-state index contributed by atoms with van der Waals surface area (Å²) in [7, 11) is 2.23. The Hall–Kier alpha value is -0.560. The highest BCUT2D eigenvalue weighted by atomic mass is 127. The average Bonchev–Trinajstić information content (AvgIpc) is 2.43. The lowest BCUT2D eigenvalue weighted by Crippen LogP contribution is -2.52. The number of nitrogens with two attached hydrogens (primary N) is 1. The summed E-state index contributed by atoms with van der Waals surface area (Å²) in [5.74, 6) is 0.516. The molecule has 1 aromatic rings. The second-order valence-electron chi connectivity index (χ2n) is 6.01. The van der Waals surface area contributed by atoms with Crippen LogP contribution in [0.4, 0.5) is 15.8 Å². The smallest absolute Gasteiger partial charge is 0.138 e. The summed E-state index contributed by atoms with van der Waals surface area (Å²) in [4.78, 5) is 4.76. The summed E-state index contributed by atoms with van der Waals surface area (Å²) in [6.45, 7) is 3.18. The maximum Gasteiger partial charge on any atom is 0.138 e. The van der Waals surface area contributed by atoms with Gasteiger partial charge in [-0.3, -0.25) is 0 Å². The molecule has 0 bridgehead atoms. The Kier molecular flexibility index (Phi) is 4.08. The Morgan fingerprint density at radius 3 is 2.90 bits per heavy atom. The Bertz CT molecular complexity index is 508. The Balaban J connectivity index is 1.81. The van der Waals surface area contributed by atoms with E-state index in [9.17, 15) is 4.39 Å². The van der Waals surface area contributed by atoms with Crippen LogP contribution in [-0.4, -0.2) is 37.6 Å². The van der Waals surface area contributed by atoms with Crippen molar-refractivity contribution >= 4 is 34.0 Å². The molecule has 2 unspecified atom stereocenters. The van der Waals surface area contributed by atoms with Crippen LogP contribution in [0.1, 0.15) is 19.3 Å². The fraction of sp³-hybridized carbons (Fsp3) is 0.600. The number of fused-ring (bicyclic) bond motifs is 1. The molecule has 20 heavy (non-hydrogen) atoms. The topological polar surface area (TPSA) is 32.5 Å². The molecule has 1 aromatic carbocycles. The van der Waals surface area contributed by atoms with Crippen LogP contribution in [-0.2, 0) is 0 Å². The molecule has 2 saturated heterocycles. The minimum Gasteiger partial charge on any atom is -0.397 e. The van der Waals surface area contributed by atoms with E-state index in [1.54, 1.807) is 12.1 Å². The van der Waals surface area contributed by atoms with E-state index in [0.29, 0.717) is 21.2 Å². The fourth-order valence-corrected chi connectivity index (χ4v) is 4.19. The normalized spacial score (nSPS) is 27.4. The number of piperidine rings is 2. The van der Waals surface area contributed by atoms with Gasteiger partial charge in [-0.1, -0.05) is 0 Å². The van der Waals surface area contributed by atoms with Crippen molar-refractivity contribution in [3.63, 3.8) is 0 Å². The zero-order valence-electron chi connectivity index (χ0n) is 11.8. The van der Waals surface area contributed by atoms with Gasteiger partial charge in [-0.25, -0.2) is 4.39 Å². The lowest BCUT2D eigenvalue weighted by Gasteiger charge is -2.46. The lowest BCUT2D eigenvalue weighted by atomic mass is 9.84. The van der Waals surface area contributed by atoms with Crippen LogP contribution < -0.4 is 10.6 Å². The number of benzene rings is 1. The standard InChI is InChI=1S/C15H21FIN3/c1-19-5-2-3-10-9-20(6-4-14(10)19)15-7-11(16)12(17)8-13(15)18/h7-8,10,14H,2-6,9,18H2,1H3. The van der Waals surface area contributed by atoms with Crippen LogP contribution in [0.5, 0.6) is 0 Å². The molecule has 2 heterocycles. The van der Waals surface area contributed by atoms with Crippen molar-refractivity contribution in [2.45, 2.75) is 25.3 Å². The van der Waals surface area contributed by atoms with E-state index < -0.39 is 0 Å². The zero-order chi connectivity index (χ0) is 14.3. The highest BCUT2D eigenvalue weighted by Gasteiger charge is 2.34. The van der Waals surface area contributed by atoms with Crippen LogP contribution in [0.15, 0.2) is 12.1 Å². The molecule has 3 rings (SSSR count). The number of rotatable bonds is 1. The first kappa shape index (κ1) is 14.4. The van der Waals surface area contributed by atoms with Gasteiger partial charge in [0.15, 0.2) is 0 Å². The number of hydrogen-bond acceptors (Lipinski definition) is 3. The predicted octanol–water partition coefficient (Wildman–Crippen LogP) is 2.93. The van der Waals surface area contributed by atoms with Gasteiger partial charge in [0.25, 0.3) is 0 Å². The van der Waals surface area contributed by atoms with Gasteiger partial charge in [0, 0.05) is 25.2 Å². The second kappa shape index (κ2) is 5.67. The van der Waals surface area contributed by atoms with Gasteiger partial charge in [-0.2, -0.15) is 0 Å². The molecule has 2 aliphatic heterocycles. The molecule has 2 atom stereocenters. The monoisotopic (exact) mass is 389 g/mol. The maximum atomic E-state index is 13.8. The third kappa shape index (κ3) is 2.62. The first-order chi connectivity index (χ1) is 9.56. The maximum absolute atomic E-state index is 13.8. The predicted molar refractivity (Wildman–Crippen MR) is 89.5 cm³/mol. The second-order valence-corrected chi connectivity index (χ2v) is 7.17. The highest BCUT2D eigenvalue weighted by Crippen LogP contribution is 2.35. The number of nitrogen functional groups attached to an aromatic ring is 1. The molecule has 110 valence electrons. The van der Waals surface area contributed by atoms with Gasteiger partial charge in [-0.05, 0) is 67.4 Å². The van der Waals surface area contributed by atoms with E-state index in [1.807, 2.05) is 22.6 Å². The van der Waals surface area contributed by atoms with Crippen molar-refractivity contribution in [1.29, 1.82) is 0 Å². The number of likely N-dealkylation sites (tertiary alicyclic amines) is 1. The molecule has 0 radical (unpaired) electrons. The summed E-state index contributed by atoms with van der Waals surface area (Å²) >= 11 is 1.99. The highest BCUT2D eigenvalue weighted by molar-refractivity contribution is 14.1. The van der Waals surface area contributed by atoms with E-state index >= 15 is 0 Å². The quantitative estimate of drug-likeness (QED) is 0.592. The summed E-state index contributed by atoms with van der Waals surface area (Å²) in [6.07, 6.45) is 3.69. The van der Waals surface area contributed by atoms with Crippen LogP contribution in [0.2, 0.25) is 0 Å². The molecule has 2 fully saturated rings. The van der Waals surface area contributed by atoms with Crippen LogP contribution in [0.25, 0.3) is 0 Å². The third-order valence-electron chi connectivity index (χ3n) is 4.76.